The van der Waals surface area contributed by atoms with Crippen LogP contribution in [0.25, 0.3) is 4.96 Å². The highest BCUT2D eigenvalue weighted by Crippen LogP contribution is 2.15. The van der Waals surface area contributed by atoms with E-state index in [0.717, 1.165) is 42.5 Å². The zero-order valence-electron chi connectivity index (χ0n) is 13.9. The van der Waals surface area contributed by atoms with Crippen molar-refractivity contribution in [3.8, 4) is 0 Å². The van der Waals surface area contributed by atoms with Crippen molar-refractivity contribution in [2.45, 2.75) is 39.5 Å². The molecule has 1 aliphatic rings. The Kier molecular flexibility index (Phi) is 4.82. The zero-order valence-corrected chi connectivity index (χ0v) is 14.7. The highest BCUT2D eigenvalue weighted by atomic mass is 32.1. The standard InChI is InChI=1S/C16H24N4O2S/c1-11-7-18(4-5-19(11)8-13(3)21)9-14-6-15(22)20-12(2)10-23-16(20)17-14/h6,10-11,13,21H,4-5,7-9H2,1-3H3/t11-,13-/m0/s1. The monoisotopic (exact) mass is 336 g/mol. The van der Waals surface area contributed by atoms with Crippen molar-refractivity contribution in [1.82, 2.24) is 19.2 Å². The second-order valence-electron chi connectivity index (χ2n) is 6.51. The summed E-state index contributed by atoms with van der Waals surface area (Å²) in [4.78, 5) is 22.3. The highest BCUT2D eigenvalue weighted by Gasteiger charge is 2.24. The van der Waals surface area contributed by atoms with E-state index in [0.29, 0.717) is 12.6 Å². The Balaban J connectivity index is 1.70. The molecule has 0 amide bonds. The Morgan fingerprint density at radius 1 is 1.48 bits per heavy atom. The Morgan fingerprint density at radius 3 is 2.96 bits per heavy atom. The number of thiazole rings is 1. The molecule has 0 radical (unpaired) electrons. The van der Waals surface area contributed by atoms with Gasteiger partial charge in [-0.25, -0.2) is 4.98 Å². The van der Waals surface area contributed by atoms with Gasteiger partial charge in [0.25, 0.3) is 5.56 Å². The van der Waals surface area contributed by atoms with Crippen LogP contribution in [-0.4, -0.2) is 62.6 Å². The second-order valence-corrected chi connectivity index (χ2v) is 7.35. The molecule has 0 unspecified atom stereocenters. The number of aliphatic hydroxyl groups is 1. The maximum atomic E-state index is 12.2. The number of piperazine rings is 1. The van der Waals surface area contributed by atoms with E-state index in [1.807, 2.05) is 19.2 Å². The van der Waals surface area contributed by atoms with Crippen LogP contribution in [0, 0.1) is 6.92 Å². The Bertz CT molecular complexity index is 739. The average Bonchev–Trinajstić information content (AvgIpc) is 2.83. The molecule has 3 heterocycles. The number of aromatic nitrogens is 2. The molecule has 0 spiro atoms. The largest absolute Gasteiger partial charge is 0.392 e. The molecule has 3 rings (SSSR count). The highest BCUT2D eigenvalue weighted by molar-refractivity contribution is 7.15. The Labute approximate surface area is 140 Å². The van der Waals surface area contributed by atoms with Gasteiger partial charge < -0.3 is 5.11 Å². The zero-order chi connectivity index (χ0) is 16.6. The molecule has 1 aliphatic heterocycles. The van der Waals surface area contributed by atoms with Crippen molar-refractivity contribution < 1.29 is 5.11 Å². The number of β-amino-alcohol motifs (C(OH)–C–C–N with tert-alkyl or cyclic N) is 1. The van der Waals surface area contributed by atoms with Crippen molar-refractivity contribution in [1.29, 1.82) is 0 Å². The van der Waals surface area contributed by atoms with Gasteiger partial charge in [0.05, 0.1) is 11.8 Å². The number of aryl methyl sites for hydroxylation is 1. The minimum atomic E-state index is -0.296. The fourth-order valence-electron chi connectivity index (χ4n) is 3.24. The van der Waals surface area contributed by atoms with E-state index in [1.165, 1.54) is 11.3 Å². The first-order valence-electron chi connectivity index (χ1n) is 8.05. The van der Waals surface area contributed by atoms with E-state index in [-0.39, 0.29) is 11.7 Å². The van der Waals surface area contributed by atoms with E-state index >= 15 is 0 Å². The van der Waals surface area contributed by atoms with Crippen molar-refractivity contribution in [2.24, 2.45) is 0 Å². The van der Waals surface area contributed by atoms with Crippen LogP contribution in [0.2, 0.25) is 0 Å². The molecule has 1 N–H and O–H groups in total. The Hall–Kier alpha value is -1.28. The molecule has 7 heteroatoms. The van der Waals surface area contributed by atoms with E-state index in [1.54, 1.807) is 10.5 Å². The lowest BCUT2D eigenvalue weighted by Crippen LogP contribution is -2.53. The summed E-state index contributed by atoms with van der Waals surface area (Å²) < 4.78 is 1.66. The molecular formula is C16H24N4O2S. The first kappa shape index (κ1) is 16.6. The molecular weight excluding hydrogens is 312 g/mol. The van der Waals surface area contributed by atoms with Crippen LogP contribution in [0.1, 0.15) is 25.2 Å². The summed E-state index contributed by atoms with van der Waals surface area (Å²) >= 11 is 1.51. The normalized spacial score (nSPS) is 21.8. The minimum absolute atomic E-state index is 0.00420. The van der Waals surface area contributed by atoms with E-state index in [4.69, 9.17) is 0 Å². The van der Waals surface area contributed by atoms with Crippen LogP contribution >= 0.6 is 11.3 Å². The predicted octanol–water partition coefficient (Wildman–Crippen LogP) is 0.951. The van der Waals surface area contributed by atoms with Gasteiger partial charge in [0.1, 0.15) is 0 Å². The van der Waals surface area contributed by atoms with Crippen molar-refractivity contribution >= 4 is 16.3 Å². The maximum Gasteiger partial charge on any atom is 0.259 e. The number of aliphatic hydroxyl groups excluding tert-OH is 1. The smallest absolute Gasteiger partial charge is 0.259 e. The van der Waals surface area contributed by atoms with Gasteiger partial charge in [0.15, 0.2) is 4.96 Å². The summed E-state index contributed by atoms with van der Waals surface area (Å²) in [5, 5.41) is 11.5. The van der Waals surface area contributed by atoms with Gasteiger partial charge in [-0.1, -0.05) is 0 Å². The lowest BCUT2D eigenvalue weighted by Gasteiger charge is -2.40. The first-order valence-corrected chi connectivity index (χ1v) is 8.93. The van der Waals surface area contributed by atoms with Gasteiger partial charge in [-0.3, -0.25) is 19.0 Å². The fraction of sp³-hybridized carbons (Fsp3) is 0.625. The van der Waals surface area contributed by atoms with Gasteiger partial charge in [-0.15, -0.1) is 11.3 Å². The SMILES string of the molecule is Cc1csc2nc(CN3CCN(C[C@H](C)O)[C@@H](C)C3)cc(=O)n12. The molecule has 0 saturated carbocycles. The van der Waals surface area contributed by atoms with Crippen molar-refractivity contribution in [3.63, 3.8) is 0 Å². The summed E-state index contributed by atoms with van der Waals surface area (Å²) in [7, 11) is 0. The van der Waals surface area contributed by atoms with Crippen LogP contribution in [0.5, 0.6) is 0 Å². The molecule has 2 atom stereocenters. The van der Waals surface area contributed by atoms with Gasteiger partial charge in [-0.05, 0) is 20.8 Å². The van der Waals surface area contributed by atoms with Crippen LogP contribution < -0.4 is 5.56 Å². The predicted molar refractivity (Wildman–Crippen MR) is 92.1 cm³/mol. The molecule has 23 heavy (non-hydrogen) atoms. The molecule has 2 aromatic rings. The Morgan fingerprint density at radius 2 is 2.26 bits per heavy atom. The molecule has 0 bridgehead atoms. The van der Waals surface area contributed by atoms with Crippen molar-refractivity contribution in [2.75, 3.05) is 26.2 Å². The number of hydrogen-bond acceptors (Lipinski definition) is 6. The summed E-state index contributed by atoms with van der Waals surface area (Å²) in [5.74, 6) is 0. The van der Waals surface area contributed by atoms with E-state index < -0.39 is 0 Å². The number of hydrogen-bond donors (Lipinski definition) is 1. The molecule has 0 aromatic carbocycles. The molecule has 0 aliphatic carbocycles. The molecule has 6 nitrogen and oxygen atoms in total. The summed E-state index contributed by atoms with van der Waals surface area (Å²) in [6, 6.07) is 2.05. The molecule has 2 aromatic heterocycles. The van der Waals surface area contributed by atoms with Crippen molar-refractivity contribution in [3.05, 3.63) is 33.2 Å². The average molecular weight is 336 g/mol. The minimum Gasteiger partial charge on any atom is -0.392 e. The third-order valence-electron chi connectivity index (χ3n) is 4.36. The molecule has 1 saturated heterocycles. The molecule has 126 valence electrons. The lowest BCUT2D eigenvalue weighted by molar-refractivity contribution is 0.0418. The van der Waals surface area contributed by atoms with Gasteiger partial charge in [0.2, 0.25) is 0 Å². The number of fused-ring (bicyclic) bond motifs is 1. The summed E-state index contributed by atoms with van der Waals surface area (Å²) in [5.41, 5.74) is 1.78. The third-order valence-corrected chi connectivity index (χ3v) is 5.31. The van der Waals surface area contributed by atoms with E-state index in [9.17, 15) is 9.90 Å². The fourth-order valence-corrected chi connectivity index (χ4v) is 4.13. The second kappa shape index (κ2) is 6.68. The number of nitrogens with zero attached hydrogens (tertiary/aromatic N) is 4. The van der Waals surface area contributed by atoms with Gasteiger partial charge >= 0.3 is 0 Å². The maximum absolute atomic E-state index is 12.2. The van der Waals surface area contributed by atoms with Crippen LogP contribution in [0.3, 0.4) is 0 Å². The van der Waals surface area contributed by atoms with Crippen LogP contribution in [0.4, 0.5) is 0 Å². The first-order chi connectivity index (χ1) is 10.9. The molecule has 1 fully saturated rings. The summed E-state index contributed by atoms with van der Waals surface area (Å²) in [6.07, 6.45) is -0.296. The van der Waals surface area contributed by atoms with E-state index in [2.05, 4.69) is 21.7 Å². The van der Waals surface area contributed by atoms with Crippen LogP contribution in [-0.2, 0) is 6.54 Å². The van der Waals surface area contributed by atoms with Crippen LogP contribution in [0.15, 0.2) is 16.2 Å². The topological polar surface area (TPSA) is 61.1 Å². The quantitative estimate of drug-likeness (QED) is 0.901. The van der Waals surface area contributed by atoms with Gasteiger partial charge in [-0.2, -0.15) is 0 Å². The third kappa shape index (κ3) is 3.63. The summed E-state index contributed by atoms with van der Waals surface area (Å²) in [6.45, 7) is 10.2. The lowest BCUT2D eigenvalue weighted by atomic mass is 10.1. The number of rotatable bonds is 4. The van der Waals surface area contributed by atoms with Gasteiger partial charge in [0, 0.05) is 55.9 Å².